The van der Waals surface area contributed by atoms with E-state index >= 15 is 0 Å². The fraction of sp³-hybridized carbons (Fsp3) is 0.429. The van der Waals surface area contributed by atoms with Crippen LogP contribution in [0.15, 0.2) is 22.7 Å². The summed E-state index contributed by atoms with van der Waals surface area (Å²) in [5.74, 6) is 1.64. The molecule has 0 saturated heterocycles. The third-order valence-electron chi connectivity index (χ3n) is 2.65. The zero-order valence-corrected chi connectivity index (χ0v) is 12.1. The van der Waals surface area contributed by atoms with Crippen LogP contribution in [0.2, 0.25) is 0 Å². The van der Waals surface area contributed by atoms with E-state index in [0.717, 1.165) is 41.0 Å². The summed E-state index contributed by atoms with van der Waals surface area (Å²) in [6, 6.07) is 4.07. The van der Waals surface area contributed by atoms with E-state index in [1.165, 1.54) is 0 Å². The summed E-state index contributed by atoms with van der Waals surface area (Å²) in [5, 5.41) is 3.25. The lowest BCUT2D eigenvalue weighted by Gasteiger charge is -2.10. The smallest absolute Gasteiger partial charge is 0.175 e. The van der Waals surface area contributed by atoms with Crippen molar-refractivity contribution in [2.75, 3.05) is 26.3 Å². The Kier molecular flexibility index (Phi) is 5.08. The van der Waals surface area contributed by atoms with Gasteiger partial charge in [0.2, 0.25) is 0 Å². The Bertz CT molecular complexity index is 432. The molecular formula is C14H18BrNO2. The highest BCUT2D eigenvalue weighted by atomic mass is 79.9. The molecule has 3 nitrogen and oxygen atoms in total. The summed E-state index contributed by atoms with van der Waals surface area (Å²) in [5.41, 5.74) is 1.11. The van der Waals surface area contributed by atoms with Gasteiger partial charge in [-0.15, -0.1) is 0 Å². The number of halogens is 1. The number of hydrogen-bond acceptors (Lipinski definition) is 3. The van der Waals surface area contributed by atoms with Crippen molar-refractivity contribution in [2.24, 2.45) is 0 Å². The molecule has 98 valence electrons. The zero-order valence-electron chi connectivity index (χ0n) is 10.5. The normalized spacial score (nSPS) is 14.8. The molecule has 0 atom stereocenters. The highest BCUT2D eigenvalue weighted by molar-refractivity contribution is 9.10. The maximum Gasteiger partial charge on any atom is 0.175 e. The van der Waals surface area contributed by atoms with Crippen molar-refractivity contribution in [1.29, 1.82) is 0 Å². The fourth-order valence-electron chi connectivity index (χ4n) is 1.77. The third-order valence-corrected chi connectivity index (χ3v) is 3.24. The molecule has 0 saturated carbocycles. The first-order valence-electron chi connectivity index (χ1n) is 6.27. The standard InChI is InChI=1S/C14H18BrNO2/c1-2-16-6-3-5-11-9-12(15)14-13(10-11)17-7-4-8-18-14/h3,5,9-10,16H,2,4,6-8H2,1H3. The Hall–Kier alpha value is -1.00. The van der Waals surface area contributed by atoms with E-state index in [2.05, 4.69) is 46.4 Å². The lowest BCUT2D eigenvalue weighted by Crippen LogP contribution is -2.11. The summed E-state index contributed by atoms with van der Waals surface area (Å²) in [6.07, 6.45) is 5.11. The van der Waals surface area contributed by atoms with Crippen LogP contribution in [-0.4, -0.2) is 26.3 Å². The highest BCUT2D eigenvalue weighted by Gasteiger charge is 2.14. The number of nitrogens with one attached hydrogen (secondary N) is 1. The Morgan fingerprint density at radius 3 is 3.00 bits per heavy atom. The van der Waals surface area contributed by atoms with Gasteiger partial charge in [-0.3, -0.25) is 0 Å². The summed E-state index contributed by atoms with van der Waals surface area (Å²) >= 11 is 3.54. The van der Waals surface area contributed by atoms with Gasteiger partial charge in [0.15, 0.2) is 11.5 Å². The van der Waals surface area contributed by atoms with E-state index in [1.807, 2.05) is 6.07 Å². The van der Waals surface area contributed by atoms with Gasteiger partial charge in [0, 0.05) is 13.0 Å². The molecule has 0 spiro atoms. The van der Waals surface area contributed by atoms with Gasteiger partial charge in [-0.05, 0) is 40.2 Å². The lowest BCUT2D eigenvalue weighted by molar-refractivity contribution is 0.296. The maximum atomic E-state index is 5.69. The molecule has 1 aromatic carbocycles. The molecule has 1 heterocycles. The van der Waals surface area contributed by atoms with Gasteiger partial charge in [-0.2, -0.15) is 0 Å². The van der Waals surface area contributed by atoms with Crippen molar-refractivity contribution in [3.63, 3.8) is 0 Å². The van der Waals surface area contributed by atoms with Crippen molar-refractivity contribution in [3.8, 4) is 11.5 Å². The average Bonchev–Trinajstić information content (AvgIpc) is 2.60. The lowest BCUT2D eigenvalue weighted by atomic mass is 10.2. The molecule has 0 amide bonds. The number of likely N-dealkylation sites (N-methyl/N-ethyl adjacent to an activating group) is 1. The summed E-state index contributed by atoms with van der Waals surface area (Å²) in [4.78, 5) is 0. The molecular weight excluding hydrogens is 294 g/mol. The van der Waals surface area contributed by atoms with Crippen LogP contribution in [0.3, 0.4) is 0 Å². The molecule has 0 aliphatic carbocycles. The maximum absolute atomic E-state index is 5.69. The number of ether oxygens (including phenoxy) is 2. The van der Waals surface area contributed by atoms with Crippen molar-refractivity contribution in [1.82, 2.24) is 5.32 Å². The van der Waals surface area contributed by atoms with E-state index in [-0.39, 0.29) is 0 Å². The molecule has 1 aliphatic heterocycles. The van der Waals surface area contributed by atoms with E-state index in [1.54, 1.807) is 0 Å². The van der Waals surface area contributed by atoms with E-state index in [0.29, 0.717) is 13.2 Å². The first-order valence-corrected chi connectivity index (χ1v) is 7.07. The van der Waals surface area contributed by atoms with Gasteiger partial charge in [-0.1, -0.05) is 19.1 Å². The van der Waals surface area contributed by atoms with Crippen LogP contribution in [-0.2, 0) is 0 Å². The summed E-state index contributed by atoms with van der Waals surface area (Å²) < 4.78 is 12.3. The van der Waals surface area contributed by atoms with Crippen molar-refractivity contribution in [3.05, 3.63) is 28.2 Å². The van der Waals surface area contributed by atoms with Crippen molar-refractivity contribution < 1.29 is 9.47 Å². The van der Waals surface area contributed by atoms with Gasteiger partial charge >= 0.3 is 0 Å². The van der Waals surface area contributed by atoms with Crippen molar-refractivity contribution >= 4 is 22.0 Å². The van der Waals surface area contributed by atoms with E-state index in [4.69, 9.17) is 9.47 Å². The quantitative estimate of drug-likeness (QED) is 0.866. The SMILES string of the molecule is CCNCC=Cc1cc(Br)c2c(c1)OCCCO2. The molecule has 18 heavy (non-hydrogen) atoms. The van der Waals surface area contributed by atoms with Crippen LogP contribution >= 0.6 is 15.9 Å². The summed E-state index contributed by atoms with van der Waals surface area (Å²) in [6.45, 7) is 5.38. The molecule has 0 aromatic heterocycles. The monoisotopic (exact) mass is 311 g/mol. The molecule has 0 unspecified atom stereocenters. The predicted octanol–water partition coefficient (Wildman–Crippen LogP) is 3.23. The Labute approximate surface area is 116 Å². The molecule has 4 heteroatoms. The van der Waals surface area contributed by atoms with Crippen molar-refractivity contribution in [2.45, 2.75) is 13.3 Å². The highest BCUT2D eigenvalue weighted by Crippen LogP contribution is 2.38. The minimum absolute atomic E-state index is 0.710. The van der Waals surface area contributed by atoms with Gasteiger partial charge in [0.05, 0.1) is 17.7 Å². The predicted molar refractivity (Wildman–Crippen MR) is 77.3 cm³/mol. The molecule has 1 aliphatic rings. The van der Waals surface area contributed by atoms with Crippen LogP contribution < -0.4 is 14.8 Å². The van der Waals surface area contributed by atoms with E-state index in [9.17, 15) is 0 Å². The molecule has 1 aromatic rings. The van der Waals surface area contributed by atoms with Crippen LogP contribution in [0.4, 0.5) is 0 Å². The van der Waals surface area contributed by atoms with Crippen LogP contribution in [0.5, 0.6) is 11.5 Å². The molecule has 1 N–H and O–H groups in total. The Morgan fingerprint density at radius 2 is 2.17 bits per heavy atom. The van der Waals surface area contributed by atoms with Gasteiger partial charge in [0.1, 0.15) is 0 Å². The minimum atomic E-state index is 0.710. The number of rotatable bonds is 4. The number of benzene rings is 1. The van der Waals surface area contributed by atoms with Crippen LogP contribution in [0.25, 0.3) is 6.08 Å². The molecule has 0 radical (unpaired) electrons. The van der Waals surface area contributed by atoms with Gasteiger partial charge < -0.3 is 14.8 Å². The largest absolute Gasteiger partial charge is 0.489 e. The Balaban J connectivity index is 2.15. The third kappa shape index (κ3) is 3.50. The minimum Gasteiger partial charge on any atom is -0.489 e. The number of fused-ring (bicyclic) bond motifs is 1. The first-order chi connectivity index (χ1) is 8.81. The summed E-state index contributed by atoms with van der Waals surface area (Å²) in [7, 11) is 0. The molecule has 0 fully saturated rings. The molecule has 0 bridgehead atoms. The van der Waals surface area contributed by atoms with E-state index < -0.39 is 0 Å². The second-order valence-electron chi connectivity index (χ2n) is 4.09. The zero-order chi connectivity index (χ0) is 12.8. The number of hydrogen-bond donors (Lipinski definition) is 1. The topological polar surface area (TPSA) is 30.5 Å². The van der Waals surface area contributed by atoms with Crippen LogP contribution in [0, 0.1) is 0 Å². The van der Waals surface area contributed by atoms with Crippen LogP contribution in [0.1, 0.15) is 18.9 Å². The Morgan fingerprint density at radius 1 is 1.33 bits per heavy atom. The van der Waals surface area contributed by atoms with Gasteiger partial charge in [0.25, 0.3) is 0 Å². The second kappa shape index (κ2) is 6.81. The first kappa shape index (κ1) is 13.4. The van der Waals surface area contributed by atoms with Gasteiger partial charge in [-0.25, -0.2) is 0 Å². The molecule has 2 rings (SSSR count). The second-order valence-corrected chi connectivity index (χ2v) is 4.94. The average molecular weight is 312 g/mol. The fourth-order valence-corrected chi connectivity index (χ4v) is 2.34.